The van der Waals surface area contributed by atoms with Crippen LogP contribution in [0.3, 0.4) is 0 Å². The van der Waals surface area contributed by atoms with E-state index in [4.69, 9.17) is 0 Å². The van der Waals surface area contributed by atoms with E-state index in [1.54, 1.807) is 11.3 Å². The second kappa shape index (κ2) is 8.29. The number of hydrogen-bond acceptors (Lipinski definition) is 5. The van der Waals surface area contributed by atoms with Crippen LogP contribution in [0.2, 0.25) is 0 Å². The summed E-state index contributed by atoms with van der Waals surface area (Å²) in [4.78, 5) is 23.7. The lowest BCUT2D eigenvalue weighted by atomic mass is 10.2. The number of thiophene rings is 1. The number of nitrogens with one attached hydrogen (secondary N) is 1. The molecule has 1 N–H and O–H groups in total. The number of rotatable bonds is 4. The van der Waals surface area contributed by atoms with E-state index in [1.165, 1.54) is 23.3 Å². The van der Waals surface area contributed by atoms with Gasteiger partial charge in [-0.05, 0) is 55.6 Å². The molecule has 2 saturated heterocycles. The fourth-order valence-corrected chi connectivity index (χ4v) is 4.90. The Labute approximate surface area is 159 Å². The number of carbonyl (C=O) groups excluding carboxylic acids is 1. The standard InChI is InChI=1S/C20H26N4OS/c25-20(19-5-4-18(26-19)17-3-1-8-22-17)24-12-2-11-23(13-14-24)15-16-6-9-21-10-7-16/h4-7,9-10,17,22H,1-3,8,11-15H2. The number of amides is 1. The Balaban J connectivity index is 1.35. The third kappa shape index (κ3) is 4.14. The van der Waals surface area contributed by atoms with E-state index >= 15 is 0 Å². The largest absolute Gasteiger partial charge is 0.337 e. The molecule has 2 aliphatic rings. The highest BCUT2D eigenvalue weighted by Gasteiger charge is 2.24. The Morgan fingerprint density at radius 2 is 2.00 bits per heavy atom. The zero-order valence-corrected chi connectivity index (χ0v) is 15.9. The van der Waals surface area contributed by atoms with Crippen LogP contribution in [0.1, 0.15) is 45.4 Å². The first-order chi connectivity index (χ1) is 12.8. The lowest BCUT2D eigenvalue weighted by molar-refractivity contribution is 0.0766. The minimum absolute atomic E-state index is 0.199. The van der Waals surface area contributed by atoms with Crippen LogP contribution in [0, 0.1) is 0 Å². The number of pyridine rings is 1. The van der Waals surface area contributed by atoms with Gasteiger partial charge in [0.05, 0.1) is 4.88 Å². The van der Waals surface area contributed by atoms with Crippen LogP contribution in [0.25, 0.3) is 0 Å². The van der Waals surface area contributed by atoms with Crippen LogP contribution in [-0.2, 0) is 6.54 Å². The van der Waals surface area contributed by atoms with Gasteiger partial charge in [-0.3, -0.25) is 14.7 Å². The maximum absolute atomic E-state index is 12.9. The SMILES string of the molecule is O=C(c1ccc(C2CCCN2)s1)N1CCCN(Cc2ccncc2)CC1. The molecule has 2 aliphatic heterocycles. The summed E-state index contributed by atoms with van der Waals surface area (Å²) in [5, 5.41) is 3.52. The van der Waals surface area contributed by atoms with Gasteiger partial charge in [-0.15, -0.1) is 11.3 Å². The van der Waals surface area contributed by atoms with Crippen molar-refractivity contribution < 1.29 is 4.79 Å². The predicted octanol–water partition coefficient (Wildman–Crippen LogP) is 2.92. The number of hydrogen-bond donors (Lipinski definition) is 1. The van der Waals surface area contributed by atoms with Gasteiger partial charge in [-0.1, -0.05) is 0 Å². The van der Waals surface area contributed by atoms with Gasteiger partial charge in [-0.25, -0.2) is 0 Å². The van der Waals surface area contributed by atoms with Crippen LogP contribution < -0.4 is 5.32 Å². The normalized spacial score (nSPS) is 21.7. The topological polar surface area (TPSA) is 48.5 Å². The summed E-state index contributed by atoms with van der Waals surface area (Å²) in [5.74, 6) is 0.199. The molecular weight excluding hydrogens is 344 g/mol. The molecule has 4 rings (SSSR count). The molecule has 1 amide bonds. The first-order valence-electron chi connectivity index (χ1n) is 9.53. The molecule has 0 radical (unpaired) electrons. The van der Waals surface area contributed by atoms with Crippen molar-refractivity contribution in [2.75, 3.05) is 32.7 Å². The maximum atomic E-state index is 12.9. The fraction of sp³-hybridized carbons (Fsp3) is 0.500. The van der Waals surface area contributed by atoms with Gasteiger partial charge in [0.1, 0.15) is 0 Å². The third-order valence-corrected chi connectivity index (χ3v) is 6.46. The Hall–Kier alpha value is -1.76. The Bertz CT molecular complexity index is 726. The summed E-state index contributed by atoms with van der Waals surface area (Å²) in [7, 11) is 0. The van der Waals surface area contributed by atoms with Crippen LogP contribution in [-0.4, -0.2) is 53.4 Å². The van der Waals surface area contributed by atoms with Crippen molar-refractivity contribution in [2.45, 2.75) is 31.8 Å². The Kier molecular flexibility index (Phi) is 5.62. The molecule has 2 aromatic heterocycles. The van der Waals surface area contributed by atoms with Crippen LogP contribution in [0.5, 0.6) is 0 Å². The van der Waals surface area contributed by atoms with E-state index < -0.39 is 0 Å². The first kappa shape index (κ1) is 17.6. The molecule has 138 valence electrons. The van der Waals surface area contributed by atoms with Crippen molar-refractivity contribution in [3.05, 3.63) is 52.0 Å². The molecular formula is C20H26N4OS. The van der Waals surface area contributed by atoms with E-state index in [2.05, 4.69) is 33.4 Å². The van der Waals surface area contributed by atoms with Gasteiger partial charge in [0.15, 0.2) is 0 Å². The van der Waals surface area contributed by atoms with Crippen molar-refractivity contribution in [1.82, 2.24) is 20.1 Å². The summed E-state index contributed by atoms with van der Waals surface area (Å²) < 4.78 is 0. The molecule has 0 spiro atoms. The summed E-state index contributed by atoms with van der Waals surface area (Å²) in [6.45, 7) is 5.63. The molecule has 26 heavy (non-hydrogen) atoms. The van der Waals surface area contributed by atoms with Crippen molar-refractivity contribution >= 4 is 17.2 Å². The van der Waals surface area contributed by atoms with Crippen LogP contribution in [0.4, 0.5) is 0 Å². The zero-order valence-electron chi connectivity index (χ0n) is 15.1. The predicted molar refractivity (Wildman–Crippen MR) is 104 cm³/mol. The van der Waals surface area contributed by atoms with Gasteiger partial charge in [0.2, 0.25) is 0 Å². The van der Waals surface area contributed by atoms with Gasteiger partial charge in [0.25, 0.3) is 5.91 Å². The molecule has 0 aliphatic carbocycles. The highest BCUT2D eigenvalue weighted by atomic mass is 32.1. The fourth-order valence-electron chi connectivity index (χ4n) is 3.82. The van der Waals surface area contributed by atoms with E-state index in [-0.39, 0.29) is 5.91 Å². The summed E-state index contributed by atoms with van der Waals surface area (Å²) in [6.07, 6.45) is 7.12. The monoisotopic (exact) mass is 370 g/mol. The van der Waals surface area contributed by atoms with Crippen LogP contribution >= 0.6 is 11.3 Å². The number of nitrogens with zero attached hydrogens (tertiary/aromatic N) is 3. The molecule has 2 aromatic rings. The van der Waals surface area contributed by atoms with E-state index in [0.717, 1.165) is 50.6 Å². The number of carbonyl (C=O) groups is 1. The molecule has 1 atom stereocenters. The minimum atomic E-state index is 0.199. The van der Waals surface area contributed by atoms with Crippen LogP contribution in [0.15, 0.2) is 36.7 Å². The molecule has 0 aromatic carbocycles. The molecule has 1 unspecified atom stereocenters. The molecule has 6 heteroatoms. The van der Waals surface area contributed by atoms with Gasteiger partial charge < -0.3 is 10.2 Å². The Morgan fingerprint density at radius 1 is 1.12 bits per heavy atom. The van der Waals surface area contributed by atoms with E-state index in [0.29, 0.717) is 6.04 Å². The zero-order chi connectivity index (χ0) is 17.8. The smallest absolute Gasteiger partial charge is 0.263 e. The first-order valence-corrected chi connectivity index (χ1v) is 10.3. The second-order valence-electron chi connectivity index (χ2n) is 7.13. The average Bonchev–Trinajstić information content (AvgIpc) is 3.31. The van der Waals surface area contributed by atoms with E-state index in [1.807, 2.05) is 23.4 Å². The molecule has 0 saturated carbocycles. The third-order valence-electron chi connectivity index (χ3n) is 5.27. The van der Waals surface area contributed by atoms with Gasteiger partial charge in [0, 0.05) is 56.0 Å². The minimum Gasteiger partial charge on any atom is -0.337 e. The quantitative estimate of drug-likeness (QED) is 0.899. The molecule has 4 heterocycles. The van der Waals surface area contributed by atoms with E-state index in [9.17, 15) is 4.79 Å². The molecule has 0 bridgehead atoms. The molecule has 5 nitrogen and oxygen atoms in total. The maximum Gasteiger partial charge on any atom is 0.263 e. The molecule has 2 fully saturated rings. The highest BCUT2D eigenvalue weighted by Crippen LogP contribution is 2.30. The van der Waals surface area contributed by atoms with Crippen molar-refractivity contribution in [2.24, 2.45) is 0 Å². The number of aromatic nitrogens is 1. The highest BCUT2D eigenvalue weighted by molar-refractivity contribution is 7.14. The summed E-state index contributed by atoms with van der Waals surface area (Å²) >= 11 is 1.67. The van der Waals surface area contributed by atoms with Crippen molar-refractivity contribution in [1.29, 1.82) is 0 Å². The van der Waals surface area contributed by atoms with Gasteiger partial charge in [-0.2, -0.15) is 0 Å². The lowest BCUT2D eigenvalue weighted by Crippen LogP contribution is -2.34. The van der Waals surface area contributed by atoms with Crippen molar-refractivity contribution in [3.63, 3.8) is 0 Å². The second-order valence-corrected chi connectivity index (χ2v) is 8.24. The summed E-state index contributed by atoms with van der Waals surface area (Å²) in [6, 6.07) is 8.73. The average molecular weight is 371 g/mol. The Morgan fingerprint density at radius 3 is 2.81 bits per heavy atom. The summed E-state index contributed by atoms with van der Waals surface area (Å²) in [5.41, 5.74) is 1.28. The van der Waals surface area contributed by atoms with Gasteiger partial charge >= 0.3 is 0 Å². The lowest BCUT2D eigenvalue weighted by Gasteiger charge is -2.21. The van der Waals surface area contributed by atoms with Crippen molar-refractivity contribution in [3.8, 4) is 0 Å².